The summed E-state index contributed by atoms with van der Waals surface area (Å²) in [4.78, 5) is 16.7. The van der Waals surface area contributed by atoms with Crippen LogP contribution >= 0.6 is 0 Å². The minimum Gasteiger partial charge on any atom is -0.293 e. The molecule has 0 spiro atoms. The van der Waals surface area contributed by atoms with Crippen molar-refractivity contribution in [3.63, 3.8) is 0 Å². The standard InChI is InChI=1S/C14H12N6O/c1-2-20-11(7-17-18-20)8-19-9-16-13-5-10(6-15)3-4-12(13)14(19)21/h3-5,7,9H,2,8H2,1H3. The van der Waals surface area contributed by atoms with Crippen LogP contribution in [0.1, 0.15) is 18.2 Å². The first-order chi connectivity index (χ1) is 10.2. The minimum atomic E-state index is -0.145. The van der Waals surface area contributed by atoms with Crippen LogP contribution in [0.2, 0.25) is 0 Å². The summed E-state index contributed by atoms with van der Waals surface area (Å²) in [5.74, 6) is 0. The molecule has 0 atom stereocenters. The van der Waals surface area contributed by atoms with E-state index in [4.69, 9.17) is 5.26 Å². The second kappa shape index (κ2) is 5.17. The molecule has 0 fully saturated rings. The monoisotopic (exact) mass is 280 g/mol. The second-order valence-electron chi connectivity index (χ2n) is 4.56. The predicted molar refractivity (Wildman–Crippen MR) is 75.5 cm³/mol. The lowest BCUT2D eigenvalue weighted by molar-refractivity contribution is 0.576. The summed E-state index contributed by atoms with van der Waals surface area (Å²) in [5.41, 5.74) is 1.71. The molecule has 0 radical (unpaired) electrons. The summed E-state index contributed by atoms with van der Waals surface area (Å²) in [6.45, 7) is 3.02. The molecule has 1 aromatic carbocycles. The lowest BCUT2D eigenvalue weighted by atomic mass is 10.2. The average Bonchev–Trinajstić information content (AvgIpc) is 2.97. The van der Waals surface area contributed by atoms with Crippen LogP contribution in [0.5, 0.6) is 0 Å². The highest BCUT2D eigenvalue weighted by Gasteiger charge is 2.08. The third-order valence-electron chi connectivity index (χ3n) is 3.28. The summed E-state index contributed by atoms with van der Waals surface area (Å²) in [6, 6.07) is 6.90. The number of fused-ring (bicyclic) bond motifs is 1. The summed E-state index contributed by atoms with van der Waals surface area (Å²) in [5, 5.41) is 17.1. The number of nitriles is 1. The Balaban J connectivity index is 2.07. The first kappa shape index (κ1) is 13.0. The van der Waals surface area contributed by atoms with Crippen LogP contribution in [-0.4, -0.2) is 24.5 Å². The number of hydrogen-bond acceptors (Lipinski definition) is 5. The minimum absolute atomic E-state index is 0.145. The quantitative estimate of drug-likeness (QED) is 0.712. The Bertz CT molecular complexity index is 902. The van der Waals surface area contributed by atoms with Gasteiger partial charge in [0.25, 0.3) is 5.56 Å². The van der Waals surface area contributed by atoms with Gasteiger partial charge in [-0.1, -0.05) is 5.21 Å². The molecule has 0 aliphatic heterocycles. The Labute approximate surface area is 120 Å². The lowest BCUT2D eigenvalue weighted by Gasteiger charge is -2.07. The summed E-state index contributed by atoms with van der Waals surface area (Å²) >= 11 is 0. The zero-order valence-corrected chi connectivity index (χ0v) is 11.4. The van der Waals surface area contributed by atoms with Crippen LogP contribution in [0.25, 0.3) is 10.9 Å². The van der Waals surface area contributed by atoms with Crippen molar-refractivity contribution in [2.45, 2.75) is 20.0 Å². The molecule has 7 nitrogen and oxygen atoms in total. The second-order valence-corrected chi connectivity index (χ2v) is 4.56. The lowest BCUT2D eigenvalue weighted by Crippen LogP contribution is -2.22. The van der Waals surface area contributed by atoms with E-state index in [9.17, 15) is 4.79 Å². The van der Waals surface area contributed by atoms with E-state index in [0.717, 1.165) is 5.69 Å². The first-order valence-corrected chi connectivity index (χ1v) is 6.49. The van der Waals surface area contributed by atoms with Gasteiger partial charge in [-0.05, 0) is 25.1 Å². The molecule has 3 rings (SSSR count). The molecule has 0 bridgehead atoms. The largest absolute Gasteiger partial charge is 0.293 e. The number of rotatable bonds is 3. The van der Waals surface area contributed by atoms with Gasteiger partial charge in [0, 0.05) is 6.54 Å². The Kier molecular flexibility index (Phi) is 3.20. The number of aromatic nitrogens is 5. The summed E-state index contributed by atoms with van der Waals surface area (Å²) in [7, 11) is 0. The fraction of sp³-hybridized carbons (Fsp3) is 0.214. The number of nitrogens with zero attached hydrogens (tertiary/aromatic N) is 6. The maximum atomic E-state index is 12.4. The molecule has 2 aromatic heterocycles. The molecule has 0 saturated carbocycles. The number of aryl methyl sites for hydroxylation is 1. The Morgan fingerprint density at radius 3 is 3.00 bits per heavy atom. The van der Waals surface area contributed by atoms with Crippen molar-refractivity contribution in [3.05, 3.63) is 52.3 Å². The van der Waals surface area contributed by atoms with Gasteiger partial charge in [0.05, 0.1) is 47.3 Å². The van der Waals surface area contributed by atoms with E-state index >= 15 is 0 Å². The van der Waals surface area contributed by atoms with Gasteiger partial charge >= 0.3 is 0 Å². The third kappa shape index (κ3) is 2.27. The van der Waals surface area contributed by atoms with Crippen LogP contribution < -0.4 is 5.56 Å². The van der Waals surface area contributed by atoms with Gasteiger partial charge < -0.3 is 0 Å². The molecule has 0 aliphatic rings. The van der Waals surface area contributed by atoms with Crippen LogP contribution in [-0.2, 0) is 13.1 Å². The molecule has 0 amide bonds. The molecular formula is C14H12N6O. The zero-order chi connectivity index (χ0) is 14.8. The summed E-state index contributed by atoms with van der Waals surface area (Å²) < 4.78 is 3.24. The van der Waals surface area contributed by atoms with E-state index in [1.165, 1.54) is 10.9 Å². The van der Waals surface area contributed by atoms with Gasteiger partial charge in [0.2, 0.25) is 0 Å². The van der Waals surface area contributed by atoms with Gasteiger partial charge in [-0.25, -0.2) is 9.67 Å². The zero-order valence-electron chi connectivity index (χ0n) is 11.4. The van der Waals surface area contributed by atoms with E-state index in [1.54, 1.807) is 29.1 Å². The predicted octanol–water partition coefficient (Wildman–Crippen LogP) is 0.928. The smallest absolute Gasteiger partial charge is 0.261 e. The Morgan fingerprint density at radius 2 is 2.24 bits per heavy atom. The van der Waals surface area contributed by atoms with Crippen molar-refractivity contribution >= 4 is 10.9 Å². The van der Waals surface area contributed by atoms with Gasteiger partial charge in [0.1, 0.15) is 0 Å². The molecule has 0 aliphatic carbocycles. The number of benzene rings is 1. The topological polar surface area (TPSA) is 89.4 Å². The highest BCUT2D eigenvalue weighted by Crippen LogP contribution is 2.09. The first-order valence-electron chi connectivity index (χ1n) is 6.49. The van der Waals surface area contributed by atoms with E-state index < -0.39 is 0 Å². The van der Waals surface area contributed by atoms with Gasteiger partial charge in [-0.3, -0.25) is 9.36 Å². The third-order valence-corrected chi connectivity index (χ3v) is 3.28. The van der Waals surface area contributed by atoms with E-state index in [0.29, 0.717) is 29.6 Å². The van der Waals surface area contributed by atoms with Crippen LogP contribution in [0, 0.1) is 11.3 Å². The Hall–Kier alpha value is -3.01. The van der Waals surface area contributed by atoms with Crippen LogP contribution in [0.15, 0.2) is 35.5 Å². The maximum Gasteiger partial charge on any atom is 0.261 e. The number of hydrogen-bond donors (Lipinski definition) is 0. The SMILES string of the molecule is CCn1nncc1Cn1cnc2cc(C#N)ccc2c1=O. The summed E-state index contributed by atoms with van der Waals surface area (Å²) in [6.07, 6.45) is 3.12. The van der Waals surface area contributed by atoms with E-state index in [2.05, 4.69) is 15.3 Å². The van der Waals surface area contributed by atoms with Crippen molar-refractivity contribution in [2.24, 2.45) is 0 Å². The molecule has 21 heavy (non-hydrogen) atoms. The molecule has 0 unspecified atom stereocenters. The normalized spacial score (nSPS) is 10.7. The molecule has 104 valence electrons. The molecule has 0 N–H and O–H groups in total. The fourth-order valence-electron chi connectivity index (χ4n) is 2.18. The fourth-order valence-corrected chi connectivity index (χ4v) is 2.18. The molecular weight excluding hydrogens is 268 g/mol. The Morgan fingerprint density at radius 1 is 1.38 bits per heavy atom. The maximum absolute atomic E-state index is 12.4. The average molecular weight is 280 g/mol. The van der Waals surface area contributed by atoms with Gasteiger partial charge in [0.15, 0.2) is 0 Å². The van der Waals surface area contributed by atoms with E-state index in [1.807, 2.05) is 13.0 Å². The van der Waals surface area contributed by atoms with Crippen molar-refractivity contribution in [3.8, 4) is 6.07 Å². The van der Waals surface area contributed by atoms with Gasteiger partial charge in [-0.2, -0.15) is 5.26 Å². The highest BCUT2D eigenvalue weighted by molar-refractivity contribution is 5.78. The molecule has 0 saturated heterocycles. The molecule has 3 aromatic rings. The molecule has 7 heteroatoms. The van der Waals surface area contributed by atoms with E-state index in [-0.39, 0.29) is 5.56 Å². The van der Waals surface area contributed by atoms with Crippen molar-refractivity contribution in [1.82, 2.24) is 24.5 Å². The van der Waals surface area contributed by atoms with Crippen LogP contribution in [0.3, 0.4) is 0 Å². The van der Waals surface area contributed by atoms with Gasteiger partial charge in [-0.15, -0.1) is 5.10 Å². The molecule has 2 heterocycles. The van der Waals surface area contributed by atoms with Crippen LogP contribution in [0.4, 0.5) is 0 Å². The highest BCUT2D eigenvalue weighted by atomic mass is 16.1. The van der Waals surface area contributed by atoms with Crippen molar-refractivity contribution in [1.29, 1.82) is 5.26 Å². The van der Waals surface area contributed by atoms with Crippen molar-refractivity contribution in [2.75, 3.05) is 0 Å². The van der Waals surface area contributed by atoms with Crippen molar-refractivity contribution < 1.29 is 0 Å².